The van der Waals surface area contributed by atoms with Crippen LogP contribution in [-0.2, 0) is 0 Å². The van der Waals surface area contributed by atoms with Gasteiger partial charge in [0.25, 0.3) is 0 Å². The van der Waals surface area contributed by atoms with Crippen LogP contribution in [0, 0.1) is 0 Å². The third kappa shape index (κ3) is 2.38. The molecule has 2 heteroatoms. The highest BCUT2D eigenvalue weighted by Crippen LogP contribution is 2.07. The zero-order valence-corrected chi connectivity index (χ0v) is 6.71. The lowest BCUT2D eigenvalue weighted by atomic mass is 10.2. The van der Waals surface area contributed by atoms with Gasteiger partial charge in [0, 0.05) is 20.1 Å². The fourth-order valence-corrected chi connectivity index (χ4v) is 1.37. The van der Waals surface area contributed by atoms with Crippen LogP contribution in [0.4, 0.5) is 0 Å². The summed E-state index contributed by atoms with van der Waals surface area (Å²) in [6.07, 6.45) is 7.44. The highest BCUT2D eigenvalue weighted by atomic mass is 15.1. The highest BCUT2D eigenvalue weighted by Gasteiger charge is 2.03. The molecule has 1 aliphatic rings. The van der Waals surface area contributed by atoms with Gasteiger partial charge in [0.05, 0.1) is 6.34 Å². The minimum atomic E-state index is 1.21. The van der Waals surface area contributed by atoms with Gasteiger partial charge in [-0.05, 0) is 12.8 Å². The maximum atomic E-state index is 4.00. The molecule has 0 N–H and O–H groups in total. The molecule has 0 atom stereocenters. The first-order chi connectivity index (χ1) is 4.93. The van der Waals surface area contributed by atoms with Crippen LogP contribution in [0.1, 0.15) is 25.7 Å². The van der Waals surface area contributed by atoms with Crippen molar-refractivity contribution in [2.24, 2.45) is 4.99 Å². The lowest BCUT2D eigenvalue weighted by molar-refractivity contribution is 0.447. The van der Waals surface area contributed by atoms with Gasteiger partial charge in [-0.25, -0.2) is 0 Å². The molecule has 1 fully saturated rings. The molecule has 0 aromatic carbocycles. The molecule has 0 spiro atoms. The van der Waals surface area contributed by atoms with Crippen molar-refractivity contribution in [3.8, 4) is 0 Å². The smallest absolute Gasteiger partial charge is 0.0846 e. The third-order valence-corrected chi connectivity index (χ3v) is 1.92. The highest BCUT2D eigenvalue weighted by molar-refractivity contribution is 5.54. The zero-order chi connectivity index (χ0) is 7.23. The molecular weight excluding hydrogens is 124 g/mol. The molecule has 0 aliphatic carbocycles. The Kier molecular flexibility index (Phi) is 3.27. The van der Waals surface area contributed by atoms with Crippen molar-refractivity contribution in [3.63, 3.8) is 0 Å². The van der Waals surface area contributed by atoms with Crippen LogP contribution in [0.15, 0.2) is 4.99 Å². The van der Waals surface area contributed by atoms with Gasteiger partial charge in [-0.15, -0.1) is 0 Å². The largest absolute Gasteiger partial charge is 0.363 e. The fraction of sp³-hybridized carbons (Fsp3) is 0.875. The van der Waals surface area contributed by atoms with E-state index in [0.29, 0.717) is 0 Å². The fourth-order valence-electron chi connectivity index (χ4n) is 1.37. The van der Waals surface area contributed by atoms with Crippen LogP contribution in [0.3, 0.4) is 0 Å². The van der Waals surface area contributed by atoms with Gasteiger partial charge in [0.2, 0.25) is 0 Å². The first-order valence-corrected chi connectivity index (χ1v) is 4.10. The predicted molar refractivity (Wildman–Crippen MR) is 44.5 cm³/mol. The minimum Gasteiger partial charge on any atom is -0.363 e. The second-order valence-electron chi connectivity index (χ2n) is 2.82. The number of rotatable bonds is 1. The van der Waals surface area contributed by atoms with Gasteiger partial charge >= 0.3 is 0 Å². The number of hydrogen-bond donors (Lipinski definition) is 0. The van der Waals surface area contributed by atoms with Crippen LogP contribution in [0.25, 0.3) is 0 Å². The zero-order valence-electron chi connectivity index (χ0n) is 6.71. The summed E-state index contributed by atoms with van der Waals surface area (Å²) in [6.45, 7) is 2.41. The Labute approximate surface area is 62.9 Å². The Morgan fingerprint density at radius 2 is 1.70 bits per heavy atom. The Balaban J connectivity index is 2.28. The first kappa shape index (κ1) is 7.58. The van der Waals surface area contributed by atoms with E-state index in [4.69, 9.17) is 0 Å². The predicted octanol–water partition coefficient (Wildman–Crippen LogP) is 1.52. The average molecular weight is 140 g/mol. The summed E-state index contributed by atoms with van der Waals surface area (Å²) < 4.78 is 0. The molecular formula is C8H16N2. The summed E-state index contributed by atoms with van der Waals surface area (Å²) in [6, 6.07) is 0. The monoisotopic (exact) mass is 140 g/mol. The lowest BCUT2D eigenvalue weighted by Crippen LogP contribution is -2.22. The minimum absolute atomic E-state index is 1.21. The van der Waals surface area contributed by atoms with Gasteiger partial charge in [0.1, 0.15) is 0 Å². The van der Waals surface area contributed by atoms with Crippen LogP contribution in [-0.4, -0.2) is 31.4 Å². The SMILES string of the molecule is CN=CN1CCCCCC1. The molecule has 0 aromatic rings. The second-order valence-corrected chi connectivity index (χ2v) is 2.82. The topological polar surface area (TPSA) is 15.6 Å². The van der Waals surface area contributed by atoms with Crippen LogP contribution < -0.4 is 0 Å². The molecule has 1 heterocycles. The maximum absolute atomic E-state index is 4.00. The quantitative estimate of drug-likeness (QED) is 0.398. The Bertz CT molecular complexity index is 102. The number of nitrogens with zero attached hydrogens (tertiary/aromatic N) is 2. The van der Waals surface area contributed by atoms with Crippen molar-refractivity contribution in [2.75, 3.05) is 20.1 Å². The van der Waals surface area contributed by atoms with E-state index >= 15 is 0 Å². The molecule has 0 aromatic heterocycles. The summed E-state index contributed by atoms with van der Waals surface area (Å²) in [4.78, 5) is 6.31. The van der Waals surface area contributed by atoms with Crippen molar-refractivity contribution in [2.45, 2.75) is 25.7 Å². The van der Waals surface area contributed by atoms with Crippen LogP contribution in [0.2, 0.25) is 0 Å². The van der Waals surface area contributed by atoms with Crippen molar-refractivity contribution < 1.29 is 0 Å². The molecule has 0 radical (unpaired) electrons. The lowest BCUT2D eigenvalue weighted by Gasteiger charge is -2.14. The summed E-state index contributed by atoms with van der Waals surface area (Å²) in [7, 11) is 1.84. The Morgan fingerprint density at radius 1 is 1.10 bits per heavy atom. The summed E-state index contributed by atoms with van der Waals surface area (Å²) in [5.74, 6) is 0. The normalized spacial score (nSPS) is 21.5. The molecule has 1 rings (SSSR count). The van der Waals surface area contributed by atoms with E-state index < -0.39 is 0 Å². The van der Waals surface area contributed by atoms with E-state index in [2.05, 4.69) is 9.89 Å². The maximum Gasteiger partial charge on any atom is 0.0846 e. The van der Waals surface area contributed by atoms with E-state index in [9.17, 15) is 0 Å². The van der Waals surface area contributed by atoms with Crippen molar-refractivity contribution in [3.05, 3.63) is 0 Å². The van der Waals surface area contributed by atoms with E-state index in [1.54, 1.807) is 0 Å². The van der Waals surface area contributed by atoms with Gasteiger partial charge < -0.3 is 4.90 Å². The van der Waals surface area contributed by atoms with Crippen molar-refractivity contribution >= 4 is 6.34 Å². The molecule has 0 bridgehead atoms. The van der Waals surface area contributed by atoms with Gasteiger partial charge in [0.15, 0.2) is 0 Å². The molecule has 0 saturated carbocycles. The van der Waals surface area contributed by atoms with Crippen LogP contribution in [0.5, 0.6) is 0 Å². The summed E-state index contributed by atoms with van der Waals surface area (Å²) >= 11 is 0. The molecule has 0 amide bonds. The van der Waals surface area contributed by atoms with Gasteiger partial charge in [-0.3, -0.25) is 4.99 Å². The summed E-state index contributed by atoms with van der Waals surface area (Å²) in [5.41, 5.74) is 0. The van der Waals surface area contributed by atoms with Crippen LogP contribution >= 0.6 is 0 Å². The second kappa shape index (κ2) is 4.31. The molecule has 1 aliphatic heterocycles. The van der Waals surface area contributed by atoms with Crippen molar-refractivity contribution in [1.29, 1.82) is 0 Å². The standard InChI is InChI=1S/C8H16N2/c1-9-8-10-6-4-2-3-5-7-10/h8H,2-7H2,1H3. The van der Waals surface area contributed by atoms with E-state index in [1.165, 1.54) is 38.8 Å². The van der Waals surface area contributed by atoms with E-state index in [1.807, 2.05) is 13.4 Å². The molecule has 10 heavy (non-hydrogen) atoms. The first-order valence-electron chi connectivity index (χ1n) is 4.10. The molecule has 58 valence electrons. The Morgan fingerprint density at radius 3 is 2.20 bits per heavy atom. The average Bonchev–Trinajstić information content (AvgIpc) is 2.17. The van der Waals surface area contributed by atoms with Gasteiger partial charge in [-0.2, -0.15) is 0 Å². The molecule has 1 saturated heterocycles. The summed E-state index contributed by atoms with van der Waals surface area (Å²) in [5, 5.41) is 0. The Hall–Kier alpha value is -0.530. The van der Waals surface area contributed by atoms with Gasteiger partial charge in [-0.1, -0.05) is 12.8 Å². The number of aliphatic imine (C=N–C) groups is 1. The molecule has 2 nitrogen and oxygen atoms in total. The number of hydrogen-bond acceptors (Lipinski definition) is 1. The van der Waals surface area contributed by atoms with E-state index in [-0.39, 0.29) is 0 Å². The van der Waals surface area contributed by atoms with E-state index in [0.717, 1.165) is 0 Å². The van der Waals surface area contributed by atoms with Crippen molar-refractivity contribution in [1.82, 2.24) is 4.90 Å². The third-order valence-electron chi connectivity index (χ3n) is 1.92. The molecule has 0 unspecified atom stereocenters. The number of likely N-dealkylation sites (tertiary alicyclic amines) is 1.